The zero-order chi connectivity index (χ0) is 22.3. The lowest BCUT2D eigenvalue weighted by molar-refractivity contribution is -0.125. The highest BCUT2D eigenvalue weighted by Crippen LogP contribution is 2.32. The summed E-state index contributed by atoms with van der Waals surface area (Å²) in [5.74, 6) is 0.0577. The first-order valence-corrected chi connectivity index (χ1v) is 11.1. The van der Waals surface area contributed by atoms with E-state index in [0.717, 1.165) is 23.2 Å². The number of hydrogen-bond donors (Lipinski definition) is 1. The van der Waals surface area contributed by atoms with Crippen LogP contribution in [0.2, 0.25) is 0 Å². The van der Waals surface area contributed by atoms with Crippen molar-refractivity contribution in [1.29, 1.82) is 0 Å². The van der Waals surface area contributed by atoms with Crippen LogP contribution in [0, 0.1) is 0 Å². The Kier molecular flexibility index (Phi) is 6.97. The van der Waals surface area contributed by atoms with Crippen LogP contribution in [-0.2, 0) is 16.0 Å². The van der Waals surface area contributed by atoms with Crippen LogP contribution in [-0.4, -0.2) is 49.4 Å². The van der Waals surface area contributed by atoms with Gasteiger partial charge in [0.05, 0.1) is 12.2 Å². The van der Waals surface area contributed by atoms with E-state index < -0.39 is 0 Å². The highest BCUT2D eigenvalue weighted by atomic mass is 16.2. The topological polar surface area (TPSA) is 52.7 Å². The molecule has 1 fully saturated rings. The van der Waals surface area contributed by atoms with E-state index in [1.54, 1.807) is 7.05 Å². The number of nitrogens with zero attached hydrogens (tertiary/aromatic N) is 2. The van der Waals surface area contributed by atoms with Gasteiger partial charge in [0.15, 0.2) is 0 Å². The summed E-state index contributed by atoms with van der Waals surface area (Å²) in [4.78, 5) is 29.2. The molecule has 1 N–H and O–H groups in total. The zero-order valence-electron chi connectivity index (χ0n) is 18.4. The predicted molar refractivity (Wildman–Crippen MR) is 128 cm³/mol. The molecule has 5 heteroatoms. The van der Waals surface area contributed by atoms with Crippen molar-refractivity contribution in [1.82, 2.24) is 10.2 Å². The van der Waals surface area contributed by atoms with Crippen LogP contribution in [0.15, 0.2) is 84.9 Å². The largest absolute Gasteiger partial charge is 0.359 e. The Morgan fingerprint density at radius 3 is 2.31 bits per heavy atom. The van der Waals surface area contributed by atoms with Crippen molar-refractivity contribution in [3.05, 3.63) is 90.5 Å². The van der Waals surface area contributed by atoms with E-state index >= 15 is 0 Å². The van der Waals surface area contributed by atoms with Gasteiger partial charge in [-0.25, -0.2) is 0 Å². The van der Waals surface area contributed by atoms with Crippen LogP contribution < -0.4 is 10.2 Å². The van der Waals surface area contributed by atoms with Crippen molar-refractivity contribution >= 4 is 17.5 Å². The zero-order valence-corrected chi connectivity index (χ0v) is 18.4. The summed E-state index contributed by atoms with van der Waals surface area (Å²) in [6.45, 7) is 1.46. The summed E-state index contributed by atoms with van der Waals surface area (Å²) >= 11 is 0. The van der Waals surface area contributed by atoms with Gasteiger partial charge in [-0.3, -0.25) is 14.5 Å². The molecule has 0 aliphatic carbocycles. The van der Waals surface area contributed by atoms with Gasteiger partial charge in [-0.15, -0.1) is 0 Å². The van der Waals surface area contributed by atoms with Gasteiger partial charge in [-0.05, 0) is 23.6 Å². The normalized spacial score (nSPS) is 16.7. The fourth-order valence-corrected chi connectivity index (χ4v) is 4.33. The molecule has 3 aromatic carbocycles. The molecule has 32 heavy (non-hydrogen) atoms. The summed E-state index contributed by atoms with van der Waals surface area (Å²) in [6.07, 6.45) is 1.21. The molecule has 1 aliphatic rings. The average molecular weight is 428 g/mol. The van der Waals surface area contributed by atoms with Crippen molar-refractivity contribution in [2.24, 2.45) is 0 Å². The second-order valence-electron chi connectivity index (χ2n) is 8.12. The Morgan fingerprint density at radius 2 is 1.59 bits per heavy atom. The van der Waals surface area contributed by atoms with E-state index in [2.05, 4.69) is 40.5 Å². The molecule has 1 heterocycles. The quantitative estimate of drug-likeness (QED) is 0.625. The number of anilines is 1. The third kappa shape index (κ3) is 5.06. The van der Waals surface area contributed by atoms with Crippen molar-refractivity contribution in [2.75, 3.05) is 31.6 Å². The van der Waals surface area contributed by atoms with Crippen LogP contribution >= 0.6 is 0 Å². The lowest BCUT2D eigenvalue weighted by atomic mass is 9.98. The van der Waals surface area contributed by atoms with Gasteiger partial charge < -0.3 is 10.2 Å². The minimum Gasteiger partial charge on any atom is -0.359 e. The van der Waals surface area contributed by atoms with E-state index in [4.69, 9.17) is 0 Å². The highest BCUT2D eigenvalue weighted by molar-refractivity contribution is 5.99. The number of amides is 2. The molecule has 0 saturated carbocycles. The van der Waals surface area contributed by atoms with Gasteiger partial charge in [0.25, 0.3) is 0 Å². The number of carbonyl (C=O) groups excluding carboxylic acids is 2. The van der Waals surface area contributed by atoms with E-state index in [1.807, 2.05) is 59.5 Å². The Bertz CT molecular complexity index is 1050. The summed E-state index contributed by atoms with van der Waals surface area (Å²) in [7, 11) is 1.65. The smallest absolute Gasteiger partial charge is 0.241 e. The van der Waals surface area contributed by atoms with Crippen LogP contribution in [0.25, 0.3) is 11.1 Å². The van der Waals surface area contributed by atoms with Crippen LogP contribution in [0.1, 0.15) is 12.0 Å². The molecular weight excluding hydrogens is 398 g/mol. The molecule has 1 saturated heterocycles. The Balaban J connectivity index is 1.62. The van der Waals surface area contributed by atoms with Crippen LogP contribution in [0.3, 0.4) is 0 Å². The second-order valence-corrected chi connectivity index (χ2v) is 8.12. The number of rotatable bonds is 7. The number of nitrogens with one attached hydrogen (secondary N) is 1. The number of para-hydroxylation sites is 1. The fraction of sp³-hybridized carbons (Fsp3) is 0.259. The maximum Gasteiger partial charge on any atom is 0.241 e. The Hall–Kier alpha value is -3.44. The number of hydrogen-bond acceptors (Lipinski definition) is 3. The number of piperazine rings is 1. The molecule has 3 aromatic rings. The van der Waals surface area contributed by atoms with Crippen molar-refractivity contribution in [3.63, 3.8) is 0 Å². The van der Waals surface area contributed by atoms with Crippen molar-refractivity contribution in [2.45, 2.75) is 18.9 Å². The standard InChI is InChI=1S/C27H29N3O2/c1-28-26(31)16-17-29-20-27(32)30(19-23(29)18-21-10-4-2-5-11-21)25-15-9-8-14-24(25)22-12-6-3-7-13-22/h2-15,23H,16-20H2,1H3,(H,28,31)/t23-/m1/s1. The number of carbonyl (C=O) groups is 2. The van der Waals surface area contributed by atoms with E-state index in [1.165, 1.54) is 5.56 Å². The van der Waals surface area contributed by atoms with E-state index in [0.29, 0.717) is 26.1 Å². The van der Waals surface area contributed by atoms with Gasteiger partial charge in [-0.1, -0.05) is 78.9 Å². The molecule has 0 radical (unpaired) electrons. The van der Waals surface area contributed by atoms with Crippen LogP contribution in [0.4, 0.5) is 5.69 Å². The minimum atomic E-state index is -0.00670. The van der Waals surface area contributed by atoms with Gasteiger partial charge in [-0.2, -0.15) is 0 Å². The molecule has 0 bridgehead atoms. The third-order valence-electron chi connectivity index (χ3n) is 6.05. The first kappa shape index (κ1) is 21.8. The molecule has 0 unspecified atom stereocenters. The molecule has 4 rings (SSSR count). The molecule has 0 aromatic heterocycles. The molecule has 1 aliphatic heterocycles. The maximum absolute atomic E-state index is 13.3. The second kappa shape index (κ2) is 10.2. The lowest BCUT2D eigenvalue weighted by Gasteiger charge is -2.41. The molecule has 5 nitrogen and oxygen atoms in total. The van der Waals surface area contributed by atoms with Gasteiger partial charge in [0.2, 0.25) is 11.8 Å². The highest BCUT2D eigenvalue weighted by Gasteiger charge is 2.33. The Morgan fingerprint density at radius 1 is 0.938 bits per heavy atom. The molecule has 1 atom stereocenters. The van der Waals surface area contributed by atoms with Crippen LogP contribution in [0.5, 0.6) is 0 Å². The van der Waals surface area contributed by atoms with Gasteiger partial charge in [0.1, 0.15) is 0 Å². The van der Waals surface area contributed by atoms with E-state index in [9.17, 15) is 9.59 Å². The lowest BCUT2D eigenvalue weighted by Crippen LogP contribution is -2.57. The average Bonchev–Trinajstić information content (AvgIpc) is 2.85. The molecule has 164 valence electrons. The van der Waals surface area contributed by atoms with Gasteiger partial charge >= 0.3 is 0 Å². The van der Waals surface area contributed by atoms with Crippen molar-refractivity contribution < 1.29 is 9.59 Å². The fourth-order valence-electron chi connectivity index (χ4n) is 4.33. The maximum atomic E-state index is 13.3. The summed E-state index contributed by atoms with van der Waals surface area (Å²) < 4.78 is 0. The molecule has 0 spiro atoms. The summed E-state index contributed by atoms with van der Waals surface area (Å²) in [5.41, 5.74) is 4.32. The predicted octanol–water partition coefficient (Wildman–Crippen LogP) is 3.75. The summed E-state index contributed by atoms with van der Waals surface area (Å²) in [6, 6.07) is 28.7. The van der Waals surface area contributed by atoms with Gasteiger partial charge in [0, 0.05) is 38.2 Å². The summed E-state index contributed by atoms with van der Waals surface area (Å²) in [5, 5.41) is 2.68. The first-order chi connectivity index (χ1) is 15.7. The molecule has 2 amide bonds. The SMILES string of the molecule is CNC(=O)CCN1CC(=O)N(c2ccccc2-c2ccccc2)C[C@H]1Cc1ccccc1. The minimum absolute atomic E-state index is 0.00670. The van der Waals surface area contributed by atoms with E-state index in [-0.39, 0.29) is 17.9 Å². The Labute approximate surface area is 189 Å². The van der Waals surface area contributed by atoms with Crippen molar-refractivity contribution in [3.8, 4) is 11.1 Å². The third-order valence-corrected chi connectivity index (χ3v) is 6.05. The number of benzene rings is 3. The first-order valence-electron chi connectivity index (χ1n) is 11.1. The molecular formula is C27H29N3O2. The monoisotopic (exact) mass is 427 g/mol.